The van der Waals surface area contributed by atoms with Crippen LogP contribution in [-0.2, 0) is 0 Å². The van der Waals surface area contributed by atoms with Gasteiger partial charge in [0.15, 0.2) is 0 Å². The van der Waals surface area contributed by atoms with Crippen molar-refractivity contribution in [3.63, 3.8) is 0 Å². The summed E-state index contributed by atoms with van der Waals surface area (Å²) < 4.78 is 5.72. The molecule has 1 unspecified atom stereocenters. The first kappa shape index (κ1) is 10.5. The SMILES string of the molecule is CCC1CCOc2ccc(-c3cc[nH]c3)cc21. The van der Waals surface area contributed by atoms with Crippen molar-refractivity contribution in [3.05, 3.63) is 42.2 Å². The highest BCUT2D eigenvalue weighted by atomic mass is 16.5. The Morgan fingerprint density at radius 3 is 3.00 bits per heavy atom. The molecule has 0 amide bonds. The van der Waals surface area contributed by atoms with Gasteiger partial charge in [-0.2, -0.15) is 0 Å². The number of hydrogen-bond donors (Lipinski definition) is 1. The van der Waals surface area contributed by atoms with Crippen molar-refractivity contribution in [1.82, 2.24) is 4.98 Å². The topological polar surface area (TPSA) is 25.0 Å². The molecule has 17 heavy (non-hydrogen) atoms. The van der Waals surface area contributed by atoms with Gasteiger partial charge in [0, 0.05) is 12.4 Å². The molecule has 1 aliphatic rings. The van der Waals surface area contributed by atoms with E-state index in [0.717, 1.165) is 18.8 Å². The molecule has 2 aromatic rings. The number of nitrogens with one attached hydrogen (secondary N) is 1. The Morgan fingerprint density at radius 1 is 1.29 bits per heavy atom. The van der Waals surface area contributed by atoms with E-state index in [1.54, 1.807) is 0 Å². The van der Waals surface area contributed by atoms with Gasteiger partial charge in [-0.05, 0) is 53.6 Å². The molecule has 0 bridgehead atoms. The summed E-state index contributed by atoms with van der Waals surface area (Å²) in [5, 5.41) is 0. The Balaban J connectivity index is 2.05. The summed E-state index contributed by atoms with van der Waals surface area (Å²) in [4.78, 5) is 3.10. The van der Waals surface area contributed by atoms with Gasteiger partial charge in [0.05, 0.1) is 6.61 Å². The number of aromatic amines is 1. The van der Waals surface area contributed by atoms with Crippen LogP contribution in [-0.4, -0.2) is 11.6 Å². The standard InChI is InChI=1S/C15H17NO/c1-2-11-6-8-17-15-4-3-12(9-14(11)15)13-5-7-16-10-13/h3-5,7,9-11,16H,2,6,8H2,1H3. The minimum absolute atomic E-state index is 0.651. The van der Waals surface area contributed by atoms with E-state index in [2.05, 4.69) is 36.2 Å². The minimum Gasteiger partial charge on any atom is -0.493 e. The molecule has 0 fully saturated rings. The maximum Gasteiger partial charge on any atom is 0.122 e. The van der Waals surface area contributed by atoms with Crippen molar-refractivity contribution in [2.24, 2.45) is 0 Å². The van der Waals surface area contributed by atoms with Crippen molar-refractivity contribution >= 4 is 0 Å². The largest absolute Gasteiger partial charge is 0.493 e. The third-order valence-corrected chi connectivity index (χ3v) is 3.60. The van der Waals surface area contributed by atoms with Gasteiger partial charge in [-0.3, -0.25) is 0 Å². The fraction of sp³-hybridized carbons (Fsp3) is 0.333. The van der Waals surface area contributed by atoms with E-state index >= 15 is 0 Å². The number of H-pyrrole nitrogens is 1. The second-order valence-corrected chi connectivity index (χ2v) is 4.59. The maximum atomic E-state index is 5.72. The summed E-state index contributed by atoms with van der Waals surface area (Å²) in [6, 6.07) is 8.64. The molecule has 1 atom stereocenters. The van der Waals surface area contributed by atoms with Crippen LogP contribution >= 0.6 is 0 Å². The van der Waals surface area contributed by atoms with Crippen molar-refractivity contribution < 1.29 is 4.74 Å². The highest BCUT2D eigenvalue weighted by Gasteiger charge is 2.20. The van der Waals surface area contributed by atoms with E-state index in [-0.39, 0.29) is 0 Å². The molecule has 2 nitrogen and oxygen atoms in total. The molecule has 3 rings (SSSR count). The summed E-state index contributed by atoms with van der Waals surface area (Å²) in [6.45, 7) is 3.11. The smallest absolute Gasteiger partial charge is 0.122 e. The zero-order valence-corrected chi connectivity index (χ0v) is 10.1. The van der Waals surface area contributed by atoms with Crippen molar-refractivity contribution in [2.45, 2.75) is 25.7 Å². The lowest BCUT2D eigenvalue weighted by atomic mass is 9.89. The van der Waals surface area contributed by atoms with Crippen molar-refractivity contribution in [2.75, 3.05) is 6.61 Å². The quantitative estimate of drug-likeness (QED) is 0.825. The molecule has 0 aliphatic carbocycles. The summed E-state index contributed by atoms with van der Waals surface area (Å²) in [5.41, 5.74) is 3.89. The molecule has 0 radical (unpaired) electrons. The first-order valence-corrected chi connectivity index (χ1v) is 6.28. The van der Waals surface area contributed by atoms with Crippen LogP contribution in [0.3, 0.4) is 0 Å². The van der Waals surface area contributed by atoms with E-state index < -0.39 is 0 Å². The monoisotopic (exact) mass is 227 g/mol. The fourth-order valence-electron chi connectivity index (χ4n) is 2.57. The third-order valence-electron chi connectivity index (χ3n) is 3.60. The second-order valence-electron chi connectivity index (χ2n) is 4.59. The van der Waals surface area contributed by atoms with E-state index in [4.69, 9.17) is 4.74 Å². The average Bonchev–Trinajstić information content (AvgIpc) is 2.91. The summed E-state index contributed by atoms with van der Waals surface area (Å²) in [5.74, 6) is 1.72. The molecular weight excluding hydrogens is 210 g/mol. The molecule has 1 aliphatic heterocycles. The molecule has 1 N–H and O–H groups in total. The third kappa shape index (κ3) is 1.84. The Kier molecular flexibility index (Phi) is 2.63. The molecule has 0 saturated heterocycles. The maximum absolute atomic E-state index is 5.72. The number of benzene rings is 1. The zero-order chi connectivity index (χ0) is 11.7. The molecule has 88 valence electrons. The number of ether oxygens (including phenoxy) is 1. The van der Waals surface area contributed by atoms with Gasteiger partial charge >= 0.3 is 0 Å². The van der Waals surface area contributed by atoms with E-state index in [1.165, 1.54) is 23.1 Å². The molecule has 1 aromatic heterocycles. The molecule has 1 aromatic carbocycles. The lowest BCUT2D eigenvalue weighted by molar-refractivity contribution is 0.265. The molecular formula is C15H17NO. The molecule has 0 spiro atoms. The lowest BCUT2D eigenvalue weighted by Gasteiger charge is -2.25. The molecule has 2 heteroatoms. The van der Waals surface area contributed by atoms with Crippen LogP contribution in [0.15, 0.2) is 36.7 Å². The average molecular weight is 227 g/mol. The zero-order valence-electron chi connectivity index (χ0n) is 10.1. The summed E-state index contributed by atoms with van der Waals surface area (Å²) in [7, 11) is 0. The molecule has 2 heterocycles. The normalized spacial score (nSPS) is 18.5. The summed E-state index contributed by atoms with van der Waals surface area (Å²) in [6.07, 6.45) is 6.32. The van der Waals surface area contributed by atoms with E-state index in [0.29, 0.717) is 5.92 Å². The van der Waals surface area contributed by atoms with E-state index in [9.17, 15) is 0 Å². The number of aromatic nitrogens is 1. The van der Waals surface area contributed by atoms with Crippen molar-refractivity contribution in [3.8, 4) is 16.9 Å². The highest BCUT2D eigenvalue weighted by molar-refractivity contribution is 5.65. The van der Waals surface area contributed by atoms with Gasteiger partial charge < -0.3 is 9.72 Å². The van der Waals surface area contributed by atoms with Crippen molar-refractivity contribution in [1.29, 1.82) is 0 Å². The second kappa shape index (κ2) is 4.28. The Labute approximate surface area is 102 Å². The van der Waals surface area contributed by atoms with Gasteiger partial charge in [0.25, 0.3) is 0 Å². The predicted octanol–water partition coefficient (Wildman–Crippen LogP) is 3.96. The van der Waals surface area contributed by atoms with Gasteiger partial charge in [-0.15, -0.1) is 0 Å². The van der Waals surface area contributed by atoms with Crippen LogP contribution in [0.25, 0.3) is 11.1 Å². The summed E-state index contributed by atoms with van der Waals surface area (Å²) >= 11 is 0. The van der Waals surface area contributed by atoms with Crippen LogP contribution in [0.2, 0.25) is 0 Å². The predicted molar refractivity (Wildman–Crippen MR) is 69.4 cm³/mol. The van der Waals surface area contributed by atoms with Gasteiger partial charge in [0.1, 0.15) is 5.75 Å². The van der Waals surface area contributed by atoms with Gasteiger partial charge in [-0.1, -0.05) is 13.0 Å². The Morgan fingerprint density at radius 2 is 2.24 bits per heavy atom. The number of rotatable bonds is 2. The number of fused-ring (bicyclic) bond motifs is 1. The van der Waals surface area contributed by atoms with E-state index in [1.807, 2.05) is 12.4 Å². The van der Waals surface area contributed by atoms with Crippen LogP contribution < -0.4 is 4.74 Å². The lowest BCUT2D eigenvalue weighted by Crippen LogP contribution is -2.13. The van der Waals surface area contributed by atoms with Gasteiger partial charge in [0.2, 0.25) is 0 Å². The number of hydrogen-bond acceptors (Lipinski definition) is 1. The fourth-order valence-corrected chi connectivity index (χ4v) is 2.57. The minimum atomic E-state index is 0.651. The van der Waals surface area contributed by atoms with Crippen LogP contribution in [0, 0.1) is 0 Å². The van der Waals surface area contributed by atoms with Crippen LogP contribution in [0.5, 0.6) is 5.75 Å². The highest BCUT2D eigenvalue weighted by Crippen LogP contribution is 2.38. The first-order chi connectivity index (χ1) is 8.38. The van der Waals surface area contributed by atoms with Crippen LogP contribution in [0.4, 0.5) is 0 Å². The molecule has 0 saturated carbocycles. The Hall–Kier alpha value is -1.70. The van der Waals surface area contributed by atoms with Crippen LogP contribution in [0.1, 0.15) is 31.2 Å². The van der Waals surface area contributed by atoms with Gasteiger partial charge in [-0.25, -0.2) is 0 Å². The first-order valence-electron chi connectivity index (χ1n) is 6.28. The Bertz CT molecular complexity index is 502.